The van der Waals surface area contributed by atoms with Gasteiger partial charge in [-0.2, -0.15) is 22.0 Å². The van der Waals surface area contributed by atoms with Gasteiger partial charge < -0.3 is 99.5 Å². The maximum atomic E-state index is 12.3. The van der Waals surface area contributed by atoms with E-state index < -0.39 is 135 Å². The third-order valence-corrected chi connectivity index (χ3v) is 9.61. The second kappa shape index (κ2) is 43.9. The first-order chi connectivity index (χ1) is 41.2. The van der Waals surface area contributed by atoms with Crippen molar-refractivity contribution < 1.29 is 168 Å². The molecule has 0 aliphatic carbocycles. The highest BCUT2D eigenvalue weighted by molar-refractivity contribution is 5.77. The highest BCUT2D eigenvalue weighted by Crippen LogP contribution is 2.23. The van der Waals surface area contributed by atoms with Crippen LogP contribution in [0.1, 0.15) is 27.7 Å². The molecule has 7 fully saturated rings. The Labute approximate surface area is 492 Å². The van der Waals surface area contributed by atoms with E-state index in [-0.39, 0.29) is 114 Å². The topological polar surface area (TPSA) is 313 Å². The number of halogens is 8. The van der Waals surface area contributed by atoms with E-state index in [1.807, 2.05) is 0 Å². The van der Waals surface area contributed by atoms with E-state index in [1.165, 1.54) is 0 Å². The van der Waals surface area contributed by atoms with Crippen LogP contribution in [-0.4, -0.2) is 248 Å². The molecule has 8 unspecified atom stereocenters. The van der Waals surface area contributed by atoms with E-state index in [1.54, 1.807) is 27.7 Å². The van der Waals surface area contributed by atoms with Crippen molar-refractivity contribution in [3.05, 3.63) is 0 Å². The smallest absolute Gasteiger partial charge is 0.422 e. The molecule has 492 valence electrons. The fraction of sp³-hybridized carbons (Fsp3) is 0.706. The Bertz CT molecular complexity index is 2240. The second-order valence-corrected chi connectivity index (χ2v) is 16.9. The minimum atomic E-state index is -4.50. The first-order valence-electron chi connectivity index (χ1n) is 24.9. The van der Waals surface area contributed by atoms with Crippen molar-refractivity contribution in [2.75, 3.05) is 134 Å². The van der Waals surface area contributed by atoms with Gasteiger partial charge in [0.25, 0.3) is 0 Å². The van der Waals surface area contributed by atoms with Crippen LogP contribution in [0, 0.1) is 48.9 Å². The highest BCUT2D eigenvalue weighted by Gasteiger charge is 2.43. The van der Waals surface area contributed by atoms with E-state index in [2.05, 4.69) is 67.5 Å². The minimum absolute atomic E-state index is 0.0152. The molecule has 7 aliphatic rings. The summed E-state index contributed by atoms with van der Waals surface area (Å²) in [7, 11) is 0. The van der Waals surface area contributed by atoms with Gasteiger partial charge in [0.2, 0.25) is 0 Å². The van der Waals surface area contributed by atoms with Crippen LogP contribution in [0.5, 0.6) is 0 Å². The van der Waals surface area contributed by atoms with Crippen LogP contribution in [0.3, 0.4) is 0 Å². The Morgan fingerprint density at radius 3 is 1.14 bits per heavy atom. The molecule has 7 aliphatic heterocycles. The van der Waals surface area contributed by atoms with Gasteiger partial charge in [0.1, 0.15) is 60.8 Å². The Kier molecular flexibility index (Phi) is 39.6. The molecule has 0 spiro atoms. The van der Waals surface area contributed by atoms with Gasteiger partial charge in [0.15, 0.2) is 80.9 Å². The molecule has 0 aromatic carbocycles. The molecule has 0 bridgehead atoms. The fourth-order valence-corrected chi connectivity index (χ4v) is 5.20. The summed E-state index contributed by atoms with van der Waals surface area (Å²) in [5.41, 5.74) is -0.886. The van der Waals surface area contributed by atoms with E-state index in [4.69, 9.17) is 80.8 Å². The van der Waals surface area contributed by atoms with Crippen molar-refractivity contribution in [3.8, 4) is 48.9 Å². The number of hydrogen-bond donors (Lipinski definition) is 0. The summed E-state index contributed by atoms with van der Waals surface area (Å²) in [6.07, 6.45) is 0.958. The zero-order valence-electron chi connectivity index (χ0n) is 47.0. The molecule has 0 aromatic heterocycles. The number of terminal acetylenes is 3. The molecule has 0 amide bonds. The molecule has 0 aromatic rings. The quantitative estimate of drug-likeness (QED) is 0.0843. The van der Waals surface area contributed by atoms with Gasteiger partial charge in [-0.15, -0.1) is 25.2 Å². The standard InChI is InChI=1S/C9H12O4.2C8H10O4.C7H8F4O4.C7H8O4.C6H7F3O4.C6H9FO4/c1-4-9(2,3)13-8(10)7-5-11-6-12-7;1-3-6(2)12-8(9)7-4-10-5-11-7;1-2-3-4-11-8(9)7-5-10-6-12-7;8-6(9)7(10,11)2-14-5(12)4-1-13-3-15-4;1-2-3-10-7(8)6-4-9-5-11-6;7-6(8,9)2-12-5(10)4-1-11-3-13-4;7-1-2-10-6(8)5-3-9-4-11-5/h1,7H,5-6H2,2-3H3;1,6-7H,4-5H2,2H3;7H,4-6H2,1H3;4,6H,1-3H2;1,6H,3-5H2;4H,1-3H2;5H,1-4H2. The zero-order chi connectivity index (χ0) is 65.3. The lowest BCUT2D eigenvalue weighted by Crippen LogP contribution is -2.36. The molecule has 36 heteroatoms. The van der Waals surface area contributed by atoms with Gasteiger partial charge in [-0.1, -0.05) is 23.7 Å². The van der Waals surface area contributed by atoms with E-state index in [0.717, 1.165) is 0 Å². The number of alkyl halides is 8. The Morgan fingerprint density at radius 2 is 0.839 bits per heavy atom. The third-order valence-electron chi connectivity index (χ3n) is 9.61. The van der Waals surface area contributed by atoms with Crippen LogP contribution in [0.2, 0.25) is 0 Å². The zero-order valence-corrected chi connectivity index (χ0v) is 47.0. The van der Waals surface area contributed by atoms with Crippen LogP contribution >= 0.6 is 0 Å². The average Bonchev–Trinajstić information content (AvgIpc) is 4.58. The Hall–Kier alpha value is -6.59. The monoisotopic (exact) mass is 1280 g/mol. The predicted molar refractivity (Wildman–Crippen MR) is 263 cm³/mol. The number of carbonyl (C=O) groups is 7. The molecule has 0 N–H and O–H groups in total. The summed E-state index contributed by atoms with van der Waals surface area (Å²) in [6, 6.07) is 0. The van der Waals surface area contributed by atoms with E-state index in [9.17, 15) is 68.7 Å². The second-order valence-electron chi connectivity index (χ2n) is 16.9. The van der Waals surface area contributed by atoms with E-state index in [0.29, 0.717) is 0 Å². The van der Waals surface area contributed by atoms with Crippen LogP contribution in [-0.2, 0) is 133 Å². The number of esters is 7. The Balaban J connectivity index is 0.000000509. The van der Waals surface area contributed by atoms with E-state index >= 15 is 0 Å². The number of hydrogen-bond acceptors (Lipinski definition) is 28. The fourth-order valence-electron chi connectivity index (χ4n) is 5.20. The van der Waals surface area contributed by atoms with Crippen LogP contribution < -0.4 is 0 Å². The molecule has 0 radical (unpaired) electrons. The first kappa shape index (κ1) is 78.4. The normalized spacial score (nSPS) is 22.8. The molecular formula is C51H64F8O28. The summed E-state index contributed by atoms with van der Waals surface area (Å²) in [5, 5.41) is 0. The Morgan fingerprint density at radius 1 is 0.506 bits per heavy atom. The third kappa shape index (κ3) is 35.7. The van der Waals surface area contributed by atoms with Crippen molar-refractivity contribution in [3.63, 3.8) is 0 Å². The summed E-state index contributed by atoms with van der Waals surface area (Å²) >= 11 is 0. The summed E-state index contributed by atoms with van der Waals surface area (Å²) in [6.45, 7) is 4.04. The molecule has 8 atom stereocenters. The minimum Gasteiger partial charge on any atom is -0.461 e. The maximum absolute atomic E-state index is 12.3. The lowest BCUT2D eigenvalue weighted by atomic mass is 10.1. The van der Waals surface area contributed by atoms with Crippen LogP contribution in [0.4, 0.5) is 35.1 Å². The molecule has 7 heterocycles. The molecular weight excluding hydrogens is 1210 g/mol. The van der Waals surface area contributed by atoms with Crippen LogP contribution in [0.15, 0.2) is 0 Å². The van der Waals surface area contributed by atoms with Crippen molar-refractivity contribution in [2.24, 2.45) is 0 Å². The predicted octanol–water partition coefficient (Wildman–Crippen LogP) is 0.840. The molecule has 28 nitrogen and oxygen atoms in total. The highest BCUT2D eigenvalue weighted by atomic mass is 19.4. The summed E-state index contributed by atoms with van der Waals surface area (Å²) in [4.78, 5) is 76.8. The number of ether oxygens (including phenoxy) is 21. The molecule has 7 rings (SSSR count). The largest absolute Gasteiger partial charge is 0.461 e. The lowest BCUT2D eigenvalue weighted by molar-refractivity contribution is -0.191. The molecule has 7 saturated heterocycles. The van der Waals surface area contributed by atoms with Gasteiger partial charge in [0, 0.05) is 0 Å². The first-order valence-corrected chi connectivity index (χ1v) is 24.9. The van der Waals surface area contributed by atoms with Crippen molar-refractivity contribution in [2.45, 2.75) is 101 Å². The SMILES string of the molecule is C#CC(C)(C)OC(=O)C1COCO1.C#CC(C)OC(=O)C1COCO1.C#CCOC(=O)C1COCO1.CC#CCOC(=O)C1COCO1.O=C(OCC(F)(F)C(F)F)C1COCO1.O=C(OCC(F)(F)F)C1COCO1.O=C(OCCF)C1COCO1. The van der Waals surface area contributed by atoms with Crippen molar-refractivity contribution >= 4 is 41.8 Å². The number of rotatable bonds is 17. The van der Waals surface area contributed by atoms with Gasteiger partial charge in [0.05, 0.1) is 46.2 Å². The lowest BCUT2D eigenvalue weighted by Gasteiger charge is -2.19. The summed E-state index contributed by atoms with van der Waals surface area (Å²) < 4.78 is 192. The van der Waals surface area contributed by atoms with Crippen molar-refractivity contribution in [1.82, 2.24) is 0 Å². The average molecular weight is 1280 g/mol. The number of carbonyl (C=O) groups excluding carboxylic acids is 7. The van der Waals surface area contributed by atoms with Gasteiger partial charge in [-0.25, -0.2) is 46.7 Å². The molecule has 0 saturated carbocycles. The van der Waals surface area contributed by atoms with Gasteiger partial charge in [-0.3, -0.25) is 0 Å². The van der Waals surface area contributed by atoms with Gasteiger partial charge in [-0.05, 0) is 27.7 Å². The summed E-state index contributed by atoms with van der Waals surface area (Å²) in [5.74, 6) is 3.18. The van der Waals surface area contributed by atoms with Gasteiger partial charge >= 0.3 is 60.3 Å². The maximum Gasteiger partial charge on any atom is 0.422 e. The van der Waals surface area contributed by atoms with Crippen molar-refractivity contribution in [1.29, 1.82) is 0 Å². The van der Waals surface area contributed by atoms with Crippen LogP contribution in [0.25, 0.3) is 0 Å². The molecule has 87 heavy (non-hydrogen) atoms.